The molecule has 1 unspecified atom stereocenters. The van der Waals surface area contributed by atoms with Crippen LogP contribution >= 0.6 is 0 Å². The highest BCUT2D eigenvalue weighted by molar-refractivity contribution is 5.81. The molecule has 0 rings (SSSR count). The van der Waals surface area contributed by atoms with Gasteiger partial charge in [-0.1, -0.05) is 72.6 Å². The maximum Gasteiger partial charge on any atom is 0.410 e. The summed E-state index contributed by atoms with van der Waals surface area (Å²) in [5, 5.41) is 0. The Balaban J connectivity index is 4.16. The molecule has 0 aromatic carbocycles. The zero-order valence-electron chi connectivity index (χ0n) is 17.0. The molecule has 0 heterocycles. The topological polar surface area (TPSA) is 55.8 Å². The van der Waals surface area contributed by atoms with Gasteiger partial charge in [-0.25, -0.2) is 9.59 Å². The molecule has 25 heavy (non-hydrogen) atoms. The molecule has 0 aliphatic rings. The van der Waals surface area contributed by atoms with Crippen LogP contribution in [0.3, 0.4) is 0 Å². The fraction of sp³-hybridized carbons (Fsp3) is 0.900. The lowest BCUT2D eigenvalue weighted by atomic mass is 10.0. The van der Waals surface area contributed by atoms with Crippen molar-refractivity contribution in [2.75, 3.05) is 20.3 Å². The predicted octanol–water partition coefficient (Wildman–Crippen LogP) is 5.17. The molecule has 5 nitrogen and oxygen atoms in total. The zero-order chi connectivity index (χ0) is 19.1. The fourth-order valence-electron chi connectivity index (χ4n) is 2.71. The minimum absolute atomic E-state index is 0.0229. The van der Waals surface area contributed by atoms with Crippen molar-refractivity contribution in [1.29, 1.82) is 0 Å². The van der Waals surface area contributed by atoms with Gasteiger partial charge in [0.1, 0.15) is 6.04 Å². The summed E-state index contributed by atoms with van der Waals surface area (Å²) >= 11 is 0. The Kier molecular flexibility index (Phi) is 14.3. The van der Waals surface area contributed by atoms with Gasteiger partial charge in [0.05, 0.1) is 13.2 Å². The number of esters is 1. The lowest BCUT2D eigenvalue weighted by molar-refractivity contribution is -0.150. The number of unbranched alkanes of at least 4 members (excludes halogenated alkanes) is 7. The molecule has 0 aromatic rings. The Bertz CT molecular complexity index is 358. The number of rotatable bonds is 14. The summed E-state index contributed by atoms with van der Waals surface area (Å²) in [6.07, 6.45) is 9.58. The van der Waals surface area contributed by atoms with E-state index in [4.69, 9.17) is 9.47 Å². The summed E-state index contributed by atoms with van der Waals surface area (Å²) in [5.41, 5.74) is 0. The van der Waals surface area contributed by atoms with Crippen molar-refractivity contribution < 1.29 is 19.1 Å². The third-order valence-corrected chi connectivity index (χ3v) is 4.29. The number of hydrogen-bond acceptors (Lipinski definition) is 4. The van der Waals surface area contributed by atoms with Crippen LogP contribution in [0.15, 0.2) is 0 Å². The minimum Gasteiger partial charge on any atom is -0.464 e. The van der Waals surface area contributed by atoms with Crippen LogP contribution in [0.5, 0.6) is 0 Å². The molecule has 0 spiro atoms. The maximum atomic E-state index is 12.4. The van der Waals surface area contributed by atoms with E-state index in [1.165, 1.54) is 37.0 Å². The monoisotopic (exact) mass is 357 g/mol. The number of ether oxygens (including phenoxy) is 2. The zero-order valence-corrected chi connectivity index (χ0v) is 17.0. The SMILES string of the molecule is CCCCCCCCCOC(=O)C(C(C)C)N(C)C(=O)OCCCC. The van der Waals surface area contributed by atoms with Gasteiger partial charge in [-0.15, -0.1) is 0 Å². The summed E-state index contributed by atoms with van der Waals surface area (Å²) < 4.78 is 10.6. The highest BCUT2D eigenvalue weighted by atomic mass is 16.6. The highest BCUT2D eigenvalue weighted by Gasteiger charge is 2.31. The Morgan fingerprint density at radius 2 is 1.32 bits per heavy atom. The molecule has 0 saturated heterocycles. The highest BCUT2D eigenvalue weighted by Crippen LogP contribution is 2.14. The molecule has 0 radical (unpaired) electrons. The summed E-state index contributed by atoms with van der Waals surface area (Å²) in [5.74, 6) is -0.360. The van der Waals surface area contributed by atoms with Gasteiger partial charge in [0.15, 0.2) is 0 Å². The lowest BCUT2D eigenvalue weighted by Crippen LogP contribution is -2.46. The number of likely N-dealkylation sites (N-methyl/N-ethyl adjacent to an activating group) is 1. The summed E-state index contributed by atoms with van der Waals surface area (Å²) in [7, 11) is 1.61. The van der Waals surface area contributed by atoms with E-state index in [-0.39, 0.29) is 11.9 Å². The van der Waals surface area contributed by atoms with Crippen LogP contribution in [0.4, 0.5) is 4.79 Å². The Labute approximate surface area is 154 Å². The summed E-state index contributed by atoms with van der Waals surface area (Å²) in [6.45, 7) is 8.88. The number of carbonyl (C=O) groups excluding carboxylic acids is 2. The fourth-order valence-corrected chi connectivity index (χ4v) is 2.71. The summed E-state index contributed by atoms with van der Waals surface area (Å²) in [6, 6.07) is -0.598. The van der Waals surface area contributed by atoms with Crippen LogP contribution in [-0.4, -0.2) is 43.3 Å². The van der Waals surface area contributed by atoms with Crippen molar-refractivity contribution in [1.82, 2.24) is 4.90 Å². The number of hydrogen-bond donors (Lipinski definition) is 0. The molecular weight excluding hydrogens is 318 g/mol. The van der Waals surface area contributed by atoms with Gasteiger partial charge in [0, 0.05) is 7.05 Å². The van der Waals surface area contributed by atoms with Crippen molar-refractivity contribution in [2.24, 2.45) is 5.92 Å². The van der Waals surface area contributed by atoms with Gasteiger partial charge in [-0.05, 0) is 18.8 Å². The second-order valence-corrected chi connectivity index (χ2v) is 7.06. The average Bonchev–Trinajstić information content (AvgIpc) is 2.57. The molecule has 148 valence electrons. The maximum absolute atomic E-state index is 12.4. The van der Waals surface area contributed by atoms with Gasteiger partial charge in [-0.2, -0.15) is 0 Å². The van der Waals surface area contributed by atoms with Gasteiger partial charge in [0.2, 0.25) is 0 Å². The first kappa shape index (κ1) is 23.7. The van der Waals surface area contributed by atoms with Crippen LogP contribution in [0, 0.1) is 5.92 Å². The molecule has 1 amide bonds. The van der Waals surface area contributed by atoms with Crippen molar-refractivity contribution in [2.45, 2.75) is 91.5 Å². The van der Waals surface area contributed by atoms with E-state index in [1.807, 2.05) is 20.8 Å². The van der Waals surface area contributed by atoms with Gasteiger partial charge in [0.25, 0.3) is 0 Å². The molecule has 0 bridgehead atoms. The van der Waals surface area contributed by atoms with E-state index in [0.29, 0.717) is 13.2 Å². The van der Waals surface area contributed by atoms with Crippen LogP contribution in [0.2, 0.25) is 0 Å². The number of amides is 1. The molecule has 0 aliphatic carbocycles. The van der Waals surface area contributed by atoms with Crippen LogP contribution in [0.1, 0.15) is 85.5 Å². The third kappa shape index (κ3) is 11.1. The molecular formula is C20H39NO4. The van der Waals surface area contributed by atoms with E-state index in [9.17, 15) is 9.59 Å². The predicted molar refractivity (Wildman–Crippen MR) is 102 cm³/mol. The second-order valence-electron chi connectivity index (χ2n) is 7.06. The van der Waals surface area contributed by atoms with Crippen molar-refractivity contribution >= 4 is 12.1 Å². The largest absolute Gasteiger partial charge is 0.464 e. The van der Waals surface area contributed by atoms with Gasteiger partial charge < -0.3 is 9.47 Å². The molecule has 0 fully saturated rings. The van der Waals surface area contributed by atoms with Crippen LogP contribution in [0.25, 0.3) is 0 Å². The van der Waals surface area contributed by atoms with E-state index in [0.717, 1.165) is 25.7 Å². The smallest absolute Gasteiger partial charge is 0.410 e. The summed E-state index contributed by atoms with van der Waals surface area (Å²) in [4.78, 5) is 25.8. The molecule has 0 saturated carbocycles. The molecule has 0 aliphatic heterocycles. The second kappa shape index (κ2) is 15.0. The Morgan fingerprint density at radius 1 is 0.800 bits per heavy atom. The van der Waals surface area contributed by atoms with Gasteiger partial charge >= 0.3 is 12.1 Å². The third-order valence-electron chi connectivity index (χ3n) is 4.29. The number of carbonyl (C=O) groups is 2. The first-order valence-corrected chi connectivity index (χ1v) is 10.0. The molecule has 0 N–H and O–H groups in total. The molecule has 5 heteroatoms. The lowest BCUT2D eigenvalue weighted by Gasteiger charge is -2.28. The number of nitrogens with zero attached hydrogens (tertiary/aromatic N) is 1. The molecule has 1 atom stereocenters. The van der Waals surface area contributed by atoms with Crippen LogP contribution < -0.4 is 0 Å². The normalized spacial score (nSPS) is 12.1. The molecule has 0 aromatic heterocycles. The standard InChI is InChI=1S/C20H39NO4/c1-6-8-10-11-12-13-14-16-24-19(22)18(17(3)4)21(5)20(23)25-15-9-7-2/h17-18H,6-16H2,1-5H3. The average molecular weight is 358 g/mol. The van der Waals surface area contributed by atoms with Gasteiger partial charge in [-0.3, -0.25) is 4.90 Å². The van der Waals surface area contributed by atoms with E-state index >= 15 is 0 Å². The van der Waals surface area contributed by atoms with Crippen LogP contribution in [-0.2, 0) is 14.3 Å². The van der Waals surface area contributed by atoms with E-state index < -0.39 is 12.1 Å². The van der Waals surface area contributed by atoms with E-state index in [1.54, 1.807) is 7.05 Å². The van der Waals surface area contributed by atoms with Crippen molar-refractivity contribution in [3.8, 4) is 0 Å². The Morgan fingerprint density at radius 3 is 1.88 bits per heavy atom. The first-order chi connectivity index (χ1) is 12.0. The van der Waals surface area contributed by atoms with E-state index in [2.05, 4.69) is 6.92 Å². The van der Waals surface area contributed by atoms with Crippen molar-refractivity contribution in [3.05, 3.63) is 0 Å². The van der Waals surface area contributed by atoms with Crippen molar-refractivity contribution in [3.63, 3.8) is 0 Å². The first-order valence-electron chi connectivity index (χ1n) is 10.0. The Hall–Kier alpha value is -1.26. The quantitative estimate of drug-likeness (QED) is 0.318. The minimum atomic E-state index is -0.598.